The molecule has 4 saturated carbocycles. The minimum absolute atomic E-state index is 0.181. The van der Waals surface area contributed by atoms with Crippen molar-refractivity contribution in [3.8, 4) is 6.07 Å². The van der Waals surface area contributed by atoms with Crippen molar-refractivity contribution in [2.75, 3.05) is 13.6 Å². The maximum Gasteiger partial charge on any atom is 0.101 e. The largest absolute Gasteiger partial charge is 0.291 e. The number of hydrogen-bond donors (Lipinski definition) is 0. The van der Waals surface area contributed by atoms with Gasteiger partial charge in [0, 0.05) is 0 Å². The van der Waals surface area contributed by atoms with E-state index in [1.54, 1.807) is 0 Å². The molecule has 0 spiro atoms. The molecule has 0 aromatic carbocycles. The average molecular weight is 246 g/mol. The fourth-order valence-electron chi connectivity index (χ4n) is 5.45. The molecule has 0 aromatic heterocycles. The molecule has 0 aromatic rings. The third kappa shape index (κ3) is 1.97. The van der Waals surface area contributed by atoms with Crippen molar-refractivity contribution in [3.63, 3.8) is 0 Å². The molecule has 2 heteroatoms. The van der Waals surface area contributed by atoms with Gasteiger partial charge < -0.3 is 0 Å². The second kappa shape index (κ2) is 4.85. The highest BCUT2D eigenvalue weighted by Crippen LogP contribution is 2.57. The lowest BCUT2D eigenvalue weighted by molar-refractivity contribution is -0.0595. The van der Waals surface area contributed by atoms with Crippen LogP contribution in [0.1, 0.15) is 45.4 Å². The van der Waals surface area contributed by atoms with Gasteiger partial charge in [-0.3, -0.25) is 4.90 Å². The Kier molecular flexibility index (Phi) is 3.36. The van der Waals surface area contributed by atoms with Gasteiger partial charge in [-0.05, 0) is 81.7 Å². The van der Waals surface area contributed by atoms with Crippen LogP contribution in [0.25, 0.3) is 0 Å². The summed E-state index contributed by atoms with van der Waals surface area (Å²) in [7, 11) is 2.16. The number of hydrogen-bond acceptors (Lipinski definition) is 2. The summed E-state index contributed by atoms with van der Waals surface area (Å²) in [6, 6.07) is 2.82. The van der Waals surface area contributed by atoms with Gasteiger partial charge in [0.2, 0.25) is 0 Å². The molecule has 1 unspecified atom stereocenters. The molecule has 0 aliphatic heterocycles. The zero-order valence-corrected chi connectivity index (χ0v) is 11.8. The SMILES string of the molecule is CCCN(C)C(C#N)C1C2CC3CC(C2)CC1C3. The van der Waals surface area contributed by atoms with Gasteiger partial charge >= 0.3 is 0 Å². The van der Waals surface area contributed by atoms with Crippen molar-refractivity contribution < 1.29 is 0 Å². The molecular formula is C16H26N2. The van der Waals surface area contributed by atoms with Gasteiger partial charge in [-0.15, -0.1) is 0 Å². The van der Waals surface area contributed by atoms with E-state index >= 15 is 0 Å². The Morgan fingerprint density at radius 1 is 1.11 bits per heavy atom. The molecule has 0 heterocycles. The Balaban J connectivity index is 1.77. The summed E-state index contributed by atoms with van der Waals surface area (Å²) in [5, 5.41) is 9.62. The lowest BCUT2D eigenvalue weighted by atomic mass is 9.50. The minimum Gasteiger partial charge on any atom is -0.291 e. The Morgan fingerprint density at radius 3 is 2.11 bits per heavy atom. The van der Waals surface area contributed by atoms with E-state index in [1.165, 1.54) is 32.1 Å². The van der Waals surface area contributed by atoms with Crippen molar-refractivity contribution in [2.24, 2.45) is 29.6 Å². The normalized spacial score (nSPS) is 43.1. The van der Waals surface area contributed by atoms with Crippen LogP contribution in [0.4, 0.5) is 0 Å². The predicted molar refractivity (Wildman–Crippen MR) is 72.9 cm³/mol. The highest BCUT2D eigenvalue weighted by molar-refractivity contribution is 5.07. The van der Waals surface area contributed by atoms with Gasteiger partial charge in [-0.2, -0.15) is 5.26 Å². The summed E-state index contributed by atoms with van der Waals surface area (Å²) in [6.45, 7) is 3.28. The van der Waals surface area contributed by atoms with Gasteiger partial charge in [0.25, 0.3) is 0 Å². The zero-order valence-electron chi connectivity index (χ0n) is 11.8. The maximum absolute atomic E-state index is 9.62. The Bertz CT molecular complexity index is 315. The monoisotopic (exact) mass is 246 g/mol. The van der Waals surface area contributed by atoms with E-state index in [9.17, 15) is 5.26 Å². The summed E-state index contributed by atoms with van der Waals surface area (Å²) < 4.78 is 0. The lowest BCUT2D eigenvalue weighted by Gasteiger charge is -2.56. The molecule has 18 heavy (non-hydrogen) atoms. The quantitative estimate of drug-likeness (QED) is 0.761. The summed E-state index contributed by atoms with van der Waals surface area (Å²) in [5.74, 6) is 4.44. The van der Waals surface area contributed by atoms with E-state index in [4.69, 9.17) is 0 Å². The molecular weight excluding hydrogens is 220 g/mol. The maximum atomic E-state index is 9.62. The van der Waals surface area contributed by atoms with Gasteiger partial charge in [0.15, 0.2) is 0 Å². The van der Waals surface area contributed by atoms with Crippen molar-refractivity contribution in [1.82, 2.24) is 4.90 Å². The minimum atomic E-state index is 0.181. The molecule has 100 valence electrons. The van der Waals surface area contributed by atoms with Crippen molar-refractivity contribution in [3.05, 3.63) is 0 Å². The standard InChI is InChI=1S/C16H26N2/c1-3-4-18(2)15(10-17)16-13-6-11-5-12(8-13)9-14(16)7-11/h11-16H,3-9H2,1-2H3. The molecule has 4 bridgehead atoms. The topological polar surface area (TPSA) is 27.0 Å². The first-order valence-electron chi connectivity index (χ1n) is 7.82. The number of rotatable bonds is 4. The summed E-state index contributed by atoms with van der Waals surface area (Å²) in [5.41, 5.74) is 0. The van der Waals surface area contributed by atoms with Gasteiger partial charge in [0.1, 0.15) is 6.04 Å². The van der Waals surface area contributed by atoms with E-state index in [2.05, 4.69) is 24.9 Å². The Morgan fingerprint density at radius 2 is 1.67 bits per heavy atom. The smallest absolute Gasteiger partial charge is 0.101 e. The Labute approximate surface area is 111 Å². The summed E-state index contributed by atoms with van der Waals surface area (Å²) in [6.07, 6.45) is 8.36. The third-order valence-electron chi connectivity index (χ3n) is 5.85. The van der Waals surface area contributed by atoms with Crippen LogP contribution in [-0.2, 0) is 0 Å². The van der Waals surface area contributed by atoms with Crippen LogP contribution in [0.2, 0.25) is 0 Å². The van der Waals surface area contributed by atoms with Crippen LogP contribution in [0.15, 0.2) is 0 Å². The average Bonchev–Trinajstić information content (AvgIpc) is 2.33. The molecule has 1 atom stereocenters. The second-order valence-corrected chi connectivity index (χ2v) is 7.06. The molecule has 4 aliphatic carbocycles. The fraction of sp³-hybridized carbons (Fsp3) is 0.938. The fourth-order valence-corrected chi connectivity index (χ4v) is 5.45. The molecule has 0 N–H and O–H groups in total. The van der Waals surface area contributed by atoms with Crippen LogP contribution >= 0.6 is 0 Å². The summed E-state index contributed by atoms with van der Waals surface area (Å²) >= 11 is 0. The highest BCUT2D eigenvalue weighted by Gasteiger charge is 2.51. The van der Waals surface area contributed by atoms with Crippen LogP contribution < -0.4 is 0 Å². The molecule has 0 radical (unpaired) electrons. The van der Waals surface area contributed by atoms with Crippen LogP contribution in [0, 0.1) is 40.9 Å². The predicted octanol–water partition coefficient (Wildman–Crippen LogP) is 3.29. The highest BCUT2D eigenvalue weighted by atomic mass is 15.1. The molecule has 4 aliphatic rings. The molecule has 2 nitrogen and oxygen atoms in total. The number of nitrogens with zero attached hydrogens (tertiary/aromatic N) is 2. The van der Waals surface area contributed by atoms with E-state index in [1.807, 2.05) is 0 Å². The van der Waals surface area contributed by atoms with Gasteiger partial charge in [-0.1, -0.05) is 6.92 Å². The Hall–Kier alpha value is -0.550. The van der Waals surface area contributed by atoms with E-state index in [0.717, 1.165) is 36.6 Å². The zero-order chi connectivity index (χ0) is 12.7. The molecule has 4 rings (SSSR count). The van der Waals surface area contributed by atoms with Gasteiger partial charge in [0.05, 0.1) is 6.07 Å². The lowest BCUT2D eigenvalue weighted by Crippen LogP contribution is -2.53. The van der Waals surface area contributed by atoms with Crippen LogP contribution in [0.3, 0.4) is 0 Å². The van der Waals surface area contributed by atoms with Crippen molar-refractivity contribution in [2.45, 2.75) is 51.5 Å². The van der Waals surface area contributed by atoms with E-state index in [-0.39, 0.29) is 6.04 Å². The van der Waals surface area contributed by atoms with E-state index in [0.29, 0.717) is 5.92 Å². The van der Waals surface area contributed by atoms with Crippen LogP contribution in [0.5, 0.6) is 0 Å². The summed E-state index contributed by atoms with van der Waals surface area (Å²) in [4.78, 5) is 2.33. The van der Waals surface area contributed by atoms with E-state index < -0.39 is 0 Å². The molecule has 0 amide bonds. The first kappa shape index (κ1) is 12.5. The molecule has 0 saturated heterocycles. The van der Waals surface area contributed by atoms with Crippen molar-refractivity contribution >= 4 is 0 Å². The van der Waals surface area contributed by atoms with Crippen molar-refractivity contribution in [1.29, 1.82) is 5.26 Å². The second-order valence-electron chi connectivity index (χ2n) is 7.06. The van der Waals surface area contributed by atoms with Crippen LogP contribution in [-0.4, -0.2) is 24.5 Å². The molecule has 4 fully saturated rings. The first-order valence-corrected chi connectivity index (χ1v) is 7.82. The first-order chi connectivity index (χ1) is 8.72. The third-order valence-corrected chi connectivity index (χ3v) is 5.85. The van der Waals surface area contributed by atoms with Gasteiger partial charge in [-0.25, -0.2) is 0 Å². The number of nitriles is 1.